The predicted molar refractivity (Wildman–Crippen MR) is 107 cm³/mol. The highest BCUT2D eigenvalue weighted by Crippen LogP contribution is 2.37. The summed E-state index contributed by atoms with van der Waals surface area (Å²) in [6.45, 7) is 4.27. The molecule has 2 heteroatoms. The molecule has 2 aromatic heterocycles. The van der Waals surface area contributed by atoms with Crippen molar-refractivity contribution in [3.8, 4) is 11.3 Å². The number of hydrogen-bond donors (Lipinski definition) is 0. The predicted octanol–water partition coefficient (Wildman–Crippen LogP) is 5.85. The van der Waals surface area contributed by atoms with Crippen LogP contribution in [0.5, 0.6) is 0 Å². The number of hydrogen-bond acceptors (Lipinski definition) is 1. The van der Waals surface area contributed by atoms with Crippen LogP contribution in [0.2, 0.25) is 0 Å². The van der Waals surface area contributed by atoms with Crippen molar-refractivity contribution in [2.45, 2.75) is 13.8 Å². The summed E-state index contributed by atoms with van der Waals surface area (Å²) >= 11 is 0. The van der Waals surface area contributed by atoms with Gasteiger partial charge in [-0.15, -0.1) is 0 Å². The number of benzene rings is 3. The average Bonchev–Trinajstić information content (AvgIpc) is 3.01. The second-order valence-electron chi connectivity index (χ2n) is 7.10. The quantitative estimate of drug-likeness (QED) is 0.351. The van der Waals surface area contributed by atoms with E-state index in [9.17, 15) is 0 Å². The summed E-state index contributed by atoms with van der Waals surface area (Å²) in [5, 5.41) is 4.73. The molecule has 0 aliphatic heterocycles. The van der Waals surface area contributed by atoms with Gasteiger partial charge in [0.1, 0.15) is 12.6 Å². The topological polar surface area (TPSA) is 17.0 Å². The van der Waals surface area contributed by atoms with Crippen LogP contribution in [0, 0.1) is 13.8 Å². The van der Waals surface area contributed by atoms with E-state index in [2.05, 4.69) is 92.3 Å². The third-order valence-corrected chi connectivity index (χ3v) is 5.30. The van der Waals surface area contributed by atoms with Crippen molar-refractivity contribution in [2.75, 3.05) is 0 Å². The van der Waals surface area contributed by atoms with E-state index in [1.54, 1.807) is 0 Å². The molecule has 0 radical (unpaired) electrons. The molecule has 2 heterocycles. The Labute approximate surface area is 152 Å². The molecule has 2 nitrogen and oxygen atoms in total. The SMILES string of the molecule is Cc1ccc2c(ccc3c4cc[n+](C)c(-c5ccccc5C)c4oc23)c1. The maximum Gasteiger partial charge on any atom is 0.256 e. The van der Waals surface area contributed by atoms with Gasteiger partial charge in [-0.1, -0.05) is 48.0 Å². The number of aryl methyl sites for hydroxylation is 3. The van der Waals surface area contributed by atoms with E-state index in [-0.39, 0.29) is 0 Å². The maximum absolute atomic E-state index is 6.51. The highest BCUT2D eigenvalue weighted by molar-refractivity contribution is 6.16. The lowest BCUT2D eigenvalue weighted by Gasteiger charge is -2.04. The highest BCUT2D eigenvalue weighted by Gasteiger charge is 2.22. The molecule has 0 aliphatic rings. The average molecular weight is 338 g/mol. The number of pyridine rings is 1. The Hall–Kier alpha value is -3.13. The van der Waals surface area contributed by atoms with E-state index in [0.29, 0.717) is 0 Å². The van der Waals surface area contributed by atoms with Crippen molar-refractivity contribution in [3.05, 3.63) is 78.0 Å². The van der Waals surface area contributed by atoms with Crippen LogP contribution < -0.4 is 4.57 Å². The third kappa shape index (κ3) is 2.08. The third-order valence-electron chi connectivity index (χ3n) is 5.30. The molecule has 0 amide bonds. The standard InChI is InChI=1S/C24H20NO/c1-15-8-10-19-17(14-15)9-11-20-21-12-13-25(3)22(24(21)26-23(19)20)18-7-5-4-6-16(18)2/h4-14H,1-3H3/q+1. The van der Waals surface area contributed by atoms with Gasteiger partial charge in [0.15, 0.2) is 6.20 Å². The van der Waals surface area contributed by atoms with Gasteiger partial charge >= 0.3 is 0 Å². The monoisotopic (exact) mass is 338 g/mol. The largest absolute Gasteiger partial charge is 0.448 e. The minimum Gasteiger partial charge on any atom is -0.448 e. The first kappa shape index (κ1) is 15.2. The van der Waals surface area contributed by atoms with Gasteiger partial charge in [-0.05, 0) is 36.9 Å². The summed E-state index contributed by atoms with van der Waals surface area (Å²) in [7, 11) is 2.08. The van der Waals surface area contributed by atoms with Crippen molar-refractivity contribution in [1.82, 2.24) is 0 Å². The molecule has 126 valence electrons. The molecule has 0 atom stereocenters. The lowest BCUT2D eigenvalue weighted by molar-refractivity contribution is -0.659. The smallest absolute Gasteiger partial charge is 0.256 e. The van der Waals surface area contributed by atoms with E-state index >= 15 is 0 Å². The van der Waals surface area contributed by atoms with Gasteiger partial charge in [0, 0.05) is 22.2 Å². The molecule has 0 saturated heterocycles. The van der Waals surface area contributed by atoms with Gasteiger partial charge in [0.2, 0.25) is 5.58 Å². The van der Waals surface area contributed by atoms with Crippen molar-refractivity contribution < 1.29 is 8.98 Å². The second kappa shape index (κ2) is 5.43. The summed E-state index contributed by atoms with van der Waals surface area (Å²) in [5.41, 5.74) is 6.76. The van der Waals surface area contributed by atoms with E-state index in [1.807, 2.05) is 0 Å². The highest BCUT2D eigenvalue weighted by atomic mass is 16.3. The minimum atomic E-state index is 0.951. The summed E-state index contributed by atoms with van der Waals surface area (Å²) in [5.74, 6) is 0. The number of furan rings is 1. The zero-order valence-corrected chi connectivity index (χ0v) is 15.2. The molecule has 0 saturated carbocycles. The van der Waals surface area contributed by atoms with Gasteiger partial charge < -0.3 is 4.42 Å². The van der Waals surface area contributed by atoms with Crippen LogP contribution in [0.3, 0.4) is 0 Å². The number of fused-ring (bicyclic) bond motifs is 5. The van der Waals surface area contributed by atoms with Gasteiger partial charge in [-0.25, -0.2) is 0 Å². The molecule has 5 rings (SSSR count). The van der Waals surface area contributed by atoms with Crippen LogP contribution in [-0.4, -0.2) is 0 Å². The Morgan fingerprint density at radius 3 is 2.38 bits per heavy atom. The number of rotatable bonds is 1. The Bertz CT molecular complexity index is 1310. The fraction of sp³-hybridized carbons (Fsp3) is 0.125. The van der Waals surface area contributed by atoms with Crippen LogP contribution in [-0.2, 0) is 7.05 Å². The van der Waals surface area contributed by atoms with Crippen LogP contribution in [0.15, 0.2) is 71.3 Å². The zero-order valence-electron chi connectivity index (χ0n) is 15.2. The normalized spacial score (nSPS) is 11.7. The molecule has 0 aliphatic carbocycles. The summed E-state index contributed by atoms with van der Waals surface area (Å²) in [4.78, 5) is 0. The first-order valence-electron chi connectivity index (χ1n) is 8.94. The van der Waals surface area contributed by atoms with Crippen molar-refractivity contribution in [3.63, 3.8) is 0 Å². The second-order valence-corrected chi connectivity index (χ2v) is 7.10. The lowest BCUT2D eigenvalue weighted by atomic mass is 10.0. The number of aromatic nitrogens is 1. The fourth-order valence-electron chi connectivity index (χ4n) is 3.94. The van der Waals surface area contributed by atoms with Crippen LogP contribution in [0.25, 0.3) is 44.0 Å². The lowest BCUT2D eigenvalue weighted by Crippen LogP contribution is -2.30. The molecule has 3 aromatic carbocycles. The van der Waals surface area contributed by atoms with Crippen LogP contribution in [0.4, 0.5) is 0 Å². The van der Waals surface area contributed by atoms with Gasteiger partial charge in [-0.2, -0.15) is 4.57 Å². The molecule has 0 spiro atoms. The van der Waals surface area contributed by atoms with E-state index in [4.69, 9.17) is 4.42 Å². The van der Waals surface area contributed by atoms with Crippen molar-refractivity contribution in [1.29, 1.82) is 0 Å². The Kier molecular flexibility index (Phi) is 3.17. The molecule has 0 N–H and O–H groups in total. The van der Waals surface area contributed by atoms with E-state index in [0.717, 1.165) is 16.9 Å². The Balaban J connectivity index is 1.95. The molecule has 0 fully saturated rings. The van der Waals surface area contributed by atoms with Gasteiger partial charge in [-0.3, -0.25) is 0 Å². The molecule has 5 aromatic rings. The first-order chi connectivity index (χ1) is 12.6. The zero-order chi connectivity index (χ0) is 17.8. The summed E-state index contributed by atoms with van der Waals surface area (Å²) in [6.07, 6.45) is 2.12. The molecule has 0 bridgehead atoms. The van der Waals surface area contributed by atoms with Crippen LogP contribution >= 0.6 is 0 Å². The van der Waals surface area contributed by atoms with E-state index in [1.165, 1.54) is 38.2 Å². The summed E-state index contributed by atoms with van der Waals surface area (Å²) < 4.78 is 8.66. The Morgan fingerprint density at radius 1 is 0.769 bits per heavy atom. The van der Waals surface area contributed by atoms with Gasteiger partial charge in [0.25, 0.3) is 5.69 Å². The molecule has 26 heavy (non-hydrogen) atoms. The van der Waals surface area contributed by atoms with Gasteiger partial charge in [0.05, 0.1) is 5.56 Å². The van der Waals surface area contributed by atoms with Crippen LogP contribution in [0.1, 0.15) is 11.1 Å². The number of nitrogens with zero attached hydrogens (tertiary/aromatic N) is 1. The molecular weight excluding hydrogens is 318 g/mol. The minimum absolute atomic E-state index is 0.951. The van der Waals surface area contributed by atoms with Crippen molar-refractivity contribution >= 4 is 32.7 Å². The first-order valence-corrected chi connectivity index (χ1v) is 8.94. The molecular formula is C24H20NO+. The van der Waals surface area contributed by atoms with Crippen molar-refractivity contribution in [2.24, 2.45) is 7.05 Å². The maximum atomic E-state index is 6.51. The van der Waals surface area contributed by atoms with E-state index < -0.39 is 0 Å². The molecule has 0 unspecified atom stereocenters. The summed E-state index contributed by atoms with van der Waals surface area (Å²) in [6, 6.07) is 21.5. The fourth-order valence-corrected chi connectivity index (χ4v) is 3.94. The Morgan fingerprint density at radius 2 is 1.54 bits per heavy atom.